The highest BCUT2D eigenvalue weighted by atomic mass is 16.5. The van der Waals surface area contributed by atoms with E-state index in [9.17, 15) is 24.3 Å². The van der Waals surface area contributed by atoms with E-state index in [0.29, 0.717) is 19.4 Å². The smallest absolute Gasteiger partial charge is 0.329 e. The molecule has 2 amide bonds. The molecule has 1 aromatic heterocycles. The SMILES string of the molecule is CC(C)[C@H]1OC(=O)C2CCCN2C(=O)c2coc(n2)CC(=O)C[C@H](O)/C=C/C=C/CNC(=O)/C=C/[C@H]1C. The Morgan fingerprint density at radius 2 is 1.95 bits per heavy atom. The molecule has 0 aliphatic carbocycles. The molecule has 1 aromatic rings. The maximum atomic E-state index is 13.1. The van der Waals surface area contributed by atoms with Crippen LogP contribution in [0, 0.1) is 11.8 Å². The van der Waals surface area contributed by atoms with Gasteiger partial charge in [-0.05, 0) is 24.8 Å². The second-order valence-corrected chi connectivity index (χ2v) is 9.69. The van der Waals surface area contributed by atoms with Crippen molar-refractivity contribution in [3.63, 3.8) is 0 Å². The number of nitrogens with one attached hydrogen (secondary N) is 1. The summed E-state index contributed by atoms with van der Waals surface area (Å²) < 4.78 is 11.2. The van der Waals surface area contributed by atoms with E-state index in [1.165, 1.54) is 23.3 Å². The number of ketones is 1. The lowest BCUT2D eigenvalue weighted by Gasteiger charge is -2.29. The maximum Gasteiger partial charge on any atom is 0.329 e. The van der Waals surface area contributed by atoms with Gasteiger partial charge in [0.05, 0.1) is 12.5 Å². The Bertz CT molecular complexity index is 1070. The summed E-state index contributed by atoms with van der Waals surface area (Å²) in [7, 11) is 0. The average molecular weight is 514 g/mol. The van der Waals surface area contributed by atoms with E-state index in [4.69, 9.17) is 9.15 Å². The first kappa shape index (κ1) is 28.0. The zero-order valence-corrected chi connectivity index (χ0v) is 21.5. The molecular formula is C27H35N3O7. The maximum absolute atomic E-state index is 13.1. The molecular weight excluding hydrogens is 478 g/mol. The number of oxazole rings is 1. The molecule has 10 nitrogen and oxygen atoms in total. The summed E-state index contributed by atoms with van der Waals surface area (Å²) in [5.41, 5.74) is 0.00852. The number of hydrogen-bond acceptors (Lipinski definition) is 8. The molecule has 1 unspecified atom stereocenters. The van der Waals surface area contributed by atoms with Crippen LogP contribution in [-0.2, 0) is 25.5 Å². The van der Waals surface area contributed by atoms with Gasteiger partial charge >= 0.3 is 5.97 Å². The number of rotatable bonds is 1. The number of Topliss-reactive ketones (excluding diaryl/α,β-unsaturated/α-hetero) is 1. The predicted molar refractivity (Wildman–Crippen MR) is 134 cm³/mol. The Balaban J connectivity index is 1.83. The van der Waals surface area contributed by atoms with Crippen molar-refractivity contribution in [1.82, 2.24) is 15.2 Å². The van der Waals surface area contributed by atoms with Crippen LogP contribution in [0.2, 0.25) is 0 Å². The molecule has 2 bridgehead atoms. The van der Waals surface area contributed by atoms with E-state index in [1.807, 2.05) is 20.8 Å². The molecule has 2 aliphatic rings. The van der Waals surface area contributed by atoms with Gasteiger partial charge in [-0.25, -0.2) is 9.78 Å². The predicted octanol–water partition coefficient (Wildman–Crippen LogP) is 2.14. The summed E-state index contributed by atoms with van der Waals surface area (Å²) in [6.07, 6.45) is 10.00. The summed E-state index contributed by atoms with van der Waals surface area (Å²) in [6.45, 7) is 6.38. The van der Waals surface area contributed by atoms with Gasteiger partial charge < -0.3 is 24.5 Å². The van der Waals surface area contributed by atoms with Crippen LogP contribution in [0.1, 0.15) is 56.4 Å². The lowest BCUT2D eigenvalue weighted by Crippen LogP contribution is -2.44. The number of cyclic esters (lactones) is 1. The highest BCUT2D eigenvalue weighted by molar-refractivity contribution is 5.95. The molecule has 0 radical (unpaired) electrons. The number of aliphatic hydroxyl groups is 1. The van der Waals surface area contributed by atoms with Crippen molar-refractivity contribution in [3.8, 4) is 0 Å². The minimum atomic E-state index is -1.00. The Morgan fingerprint density at radius 3 is 2.70 bits per heavy atom. The van der Waals surface area contributed by atoms with Gasteiger partial charge in [-0.1, -0.05) is 51.2 Å². The van der Waals surface area contributed by atoms with Gasteiger partial charge in [-0.2, -0.15) is 0 Å². The fraction of sp³-hybridized carbons (Fsp3) is 0.519. The van der Waals surface area contributed by atoms with Crippen molar-refractivity contribution < 1.29 is 33.4 Å². The van der Waals surface area contributed by atoms with Gasteiger partial charge in [0.2, 0.25) is 11.8 Å². The number of aromatic nitrogens is 1. The second-order valence-electron chi connectivity index (χ2n) is 9.69. The van der Waals surface area contributed by atoms with E-state index >= 15 is 0 Å². The normalized spacial score (nSPS) is 29.4. The van der Waals surface area contributed by atoms with Crippen LogP contribution in [0.15, 0.2) is 47.1 Å². The van der Waals surface area contributed by atoms with Gasteiger partial charge in [0.1, 0.15) is 24.2 Å². The van der Waals surface area contributed by atoms with Gasteiger partial charge in [-0.3, -0.25) is 14.4 Å². The van der Waals surface area contributed by atoms with Gasteiger partial charge in [0, 0.05) is 25.4 Å². The number of carbonyl (C=O) groups excluding carboxylic acids is 4. The first-order valence-corrected chi connectivity index (χ1v) is 12.6. The van der Waals surface area contributed by atoms with Crippen LogP contribution in [0.4, 0.5) is 0 Å². The van der Waals surface area contributed by atoms with E-state index in [-0.39, 0.29) is 54.5 Å². The Morgan fingerprint density at radius 1 is 1.16 bits per heavy atom. The molecule has 0 saturated carbocycles. The standard InChI is InChI=1S/C27H35N3O7/c1-17(2)25-18(3)10-11-23(33)28-12-6-4-5-8-19(31)14-20(32)15-24-29-21(16-36-24)26(34)30-13-7-9-22(30)27(35)37-25/h4-6,8,10-11,16-19,22,25,31H,7,9,12-15H2,1-3H3,(H,28,33)/b6-4+,8-5+,11-10+/t18-,19-,22?,25-/m1/s1. The van der Waals surface area contributed by atoms with E-state index in [0.717, 1.165) is 0 Å². The Kier molecular flexibility index (Phi) is 9.96. The molecule has 0 spiro atoms. The number of ether oxygens (including phenoxy) is 1. The second kappa shape index (κ2) is 13.1. The number of nitrogens with zero attached hydrogens (tertiary/aromatic N) is 2. The van der Waals surface area contributed by atoms with Crippen LogP contribution >= 0.6 is 0 Å². The summed E-state index contributed by atoms with van der Waals surface area (Å²) >= 11 is 0. The first-order chi connectivity index (χ1) is 17.7. The third kappa shape index (κ3) is 7.98. The first-order valence-electron chi connectivity index (χ1n) is 12.6. The number of allylic oxidation sites excluding steroid dienone is 2. The Hall–Kier alpha value is -3.53. The van der Waals surface area contributed by atoms with Crippen LogP contribution in [-0.4, -0.2) is 69.9 Å². The highest BCUT2D eigenvalue weighted by Gasteiger charge is 2.38. The third-order valence-corrected chi connectivity index (χ3v) is 6.30. The molecule has 1 fully saturated rings. The van der Waals surface area contributed by atoms with E-state index in [2.05, 4.69) is 10.3 Å². The summed E-state index contributed by atoms with van der Waals surface area (Å²) in [6, 6.07) is -0.759. The van der Waals surface area contributed by atoms with Crippen LogP contribution in [0.5, 0.6) is 0 Å². The minimum absolute atomic E-state index is 0.00852. The van der Waals surface area contributed by atoms with E-state index < -0.39 is 30.1 Å². The molecule has 2 N–H and O–H groups in total. The fourth-order valence-electron chi connectivity index (χ4n) is 4.40. The summed E-state index contributed by atoms with van der Waals surface area (Å²) in [4.78, 5) is 56.3. The lowest BCUT2D eigenvalue weighted by molar-refractivity contribution is -0.158. The zero-order chi connectivity index (χ0) is 26.9. The van der Waals surface area contributed by atoms with E-state index in [1.54, 1.807) is 24.3 Å². The number of amides is 2. The summed E-state index contributed by atoms with van der Waals surface area (Å²) in [5, 5.41) is 12.8. The molecule has 3 heterocycles. The quantitative estimate of drug-likeness (QED) is 0.545. The average Bonchev–Trinajstić information content (AvgIpc) is 3.52. The fourth-order valence-corrected chi connectivity index (χ4v) is 4.40. The molecule has 200 valence electrons. The summed E-state index contributed by atoms with van der Waals surface area (Å²) in [5.74, 6) is -1.77. The lowest BCUT2D eigenvalue weighted by atomic mass is 9.94. The number of esters is 1. The molecule has 0 aromatic carbocycles. The zero-order valence-electron chi connectivity index (χ0n) is 21.5. The largest absolute Gasteiger partial charge is 0.460 e. The van der Waals surface area contributed by atoms with Crippen LogP contribution in [0.25, 0.3) is 0 Å². The Labute approximate surface area is 216 Å². The molecule has 2 aliphatic heterocycles. The van der Waals surface area contributed by atoms with Crippen LogP contribution in [0.3, 0.4) is 0 Å². The number of aliphatic hydroxyl groups excluding tert-OH is 1. The number of fused-ring (bicyclic) bond motifs is 3. The molecule has 3 rings (SSSR count). The van der Waals surface area contributed by atoms with Crippen molar-refractivity contribution in [2.45, 2.75) is 64.7 Å². The molecule has 10 heteroatoms. The highest BCUT2D eigenvalue weighted by Crippen LogP contribution is 2.25. The third-order valence-electron chi connectivity index (χ3n) is 6.30. The topological polar surface area (TPSA) is 139 Å². The molecule has 1 saturated heterocycles. The molecule has 37 heavy (non-hydrogen) atoms. The number of carbonyl (C=O) groups is 4. The molecule has 4 atom stereocenters. The van der Waals surface area contributed by atoms with Crippen molar-refractivity contribution >= 4 is 23.6 Å². The van der Waals surface area contributed by atoms with Gasteiger partial charge in [0.15, 0.2) is 5.69 Å². The minimum Gasteiger partial charge on any atom is -0.460 e. The monoisotopic (exact) mass is 513 g/mol. The van der Waals surface area contributed by atoms with Gasteiger partial charge in [0.25, 0.3) is 5.91 Å². The number of hydrogen-bond donors (Lipinski definition) is 2. The van der Waals surface area contributed by atoms with Crippen LogP contribution < -0.4 is 5.32 Å². The van der Waals surface area contributed by atoms with Crippen molar-refractivity contribution in [2.75, 3.05) is 13.1 Å². The van der Waals surface area contributed by atoms with Crippen molar-refractivity contribution in [2.24, 2.45) is 11.8 Å². The van der Waals surface area contributed by atoms with Crippen molar-refractivity contribution in [3.05, 3.63) is 54.3 Å². The van der Waals surface area contributed by atoms with Gasteiger partial charge in [-0.15, -0.1) is 0 Å². The van der Waals surface area contributed by atoms with Crippen molar-refractivity contribution in [1.29, 1.82) is 0 Å².